The van der Waals surface area contributed by atoms with Gasteiger partial charge in [0.25, 0.3) is 10.1 Å². The van der Waals surface area contributed by atoms with Crippen molar-refractivity contribution in [3.63, 3.8) is 0 Å². The molecule has 0 aliphatic rings. The third kappa shape index (κ3) is 3.26. The summed E-state index contributed by atoms with van der Waals surface area (Å²) in [6.45, 7) is 1.75. The van der Waals surface area contributed by atoms with E-state index in [2.05, 4.69) is 0 Å². The number of hydrogen-bond acceptors (Lipinski definition) is 5. The van der Waals surface area contributed by atoms with Crippen molar-refractivity contribution >= 4 is 15.9 Å². The van der Waals surface area contributed by atoms with Crippen LogP contribution in [0.4, 0.5) is 0 Å². The molecule has 0 unspecified atom stereocenters. The quantitative estimate of drug-likeness (QED) is 0.647. The zero-order valence-corrected chi connectivity index (χ0v) is 12.5. The van der Waals surface area contributed by atoms with Gasteiger partial charge in [-0.05, 0) is 13.0 Å². The van der Waals surface area contributed by atoms with Crippen LogP contribution in [0.5, 0.6) is 11.5 Å². The average Bonchev–Trinajstić information content (AvgIpc) is 2.47. The summed E-state index contributed by atoms with van der Waals surface area (Å²) < 4.78 is 37.2. The molecule has 0 saturated carbocycles. The molecule has 116 valence electrons. The Morgan fingerprint density at radius 3 is 2.36 bits per heavy atom. The van der Waals surface area contributed by atoms with Crippen molar-refractivity contribution in [3.05, 3.63) is 53.6 Å². The highest BCUT2D eigenvalue weighted by atomic mass is 32.2. The van der Waals surface area contributed by atoms with E-state index in [4.69, 9.17) is 4.74 Å². The summed E-state index contributed by atoms with van der Waals surface area (Å²) in [4.78, 5) is 11.8. The van der Waals surface area contributed by atoms with Crippen molar-refractivity contribution < 1.29 is 27.6 Å². The number of hydrogen-bond donors (Lipinski definition) is 2. The number of aromatic hydroxyl groups is 1. The molecule has 0 radical (unpaired) electrons. The monoisotopic (exact) mass is 322 g/mol. The Morgan fingerprint density at radius 2 is 1.82 bits per heavy atom. The van der Waals surface area contributed by atoms with E-state index >= 15 is 0 Å². The Hall–Kier alpha value is -2.38. The van der Waals surface area contributed by atoms with Crippen molar-refractivity contribution in [2.75, 3.05) is 6.61 Å². The van der Waals surface area contributed by atoms with Crippen LogP contribution in [0.15, 0.2) is 47.4 Å². The van der Waals surface area contributed by atoms with E-state index in [9.17, 15) is 22.9 Å². The van der Waals surface area contributed by atoms with Crippen LogP contribution in [-0.4, -0.2) is 30.5 Å². The van der Waals surface area contributed by atoms with E-state index in [1.165, 1.54) is 12.1 Å². The molecule has 0 aliphatic carbocycles. The topological polar surface area (TPSA) is 101 Å². The molecule has 7 heteroatoms. The highest BCUT2D eigenvalue weighted by Crippen LogP contribution is 2.32. The summed E-state index contributed by atoms with van der Waals surface area (Å²) >= 11 is 0. The molecule has 0 atom stereocenters. The minimum Gasteiger partial charge on any atom is -0.507 e. The predicted molar refractivity (Wildman–Crippen MR) is 79.0 cm³/mol. The normalized spacial score (nSPS) is 11.2. The molecule has 2 aromatic rings. The number of benzene rings is 2. The molecule has 0 heterocycles. The summed E-state index contributed by atoms with van der Waals surface area (Å²) in [5, 5.41) is 9.96. The van der Waals surface area contributed by atoms with Gasteiger partial charge < -0.3 is 9.84 Å². The van der Waals surface area contributed by atoms with Crippen molar-refractivity contribution in [1.29, 1.82) is 0 Å². The largest absolute Gasteiger partial charge is 0.507 e. The van der Waals surface area contributed by atoms with E-state index in [-0.39, 0.29) is 23.5 Å². The van der Waals surface area contributed by atoms with Crippen LogP contribution in [0.3, 0.4) is 0 Å². The lowest BCUT2D eigenvalue weighted by Crippen LogP contribution is -2.08. The van der Waals surface area contributed by atoms with Gasteiger partial charge >= 0.3 is 0 Å². The van der Waals surface area contributed by atoms with Gasteiger partial charge in [0.1, 0.15) is 16.4 Å². The van der Waals surface area contributed by atoms with E-state index < -0.39 is 26.5 Å². The number of phenolic OH excluding ortho intramolecular Hbond substituents is 1. The number of ketones is 1. The maximum absolute atomic E-state index is 12.3. The van der Waals surface area contributed by atoms with Gasteiger partial charge in [0.2, 0.25) is 0 Å². The standard InChI is InChI=1S/C15H14O6S/c1-2-21-13-9-12(16)11(8-14(13)22(18,19)20)15(17)10-6-4-3-5-7-10/h3-9,16H,2H2,1H3,(H,18,19,20). The molecule has 0 aliphatic heterocycles. The van der Waals surface area contributed by atoms with Gasteiger partial charge in [-0.1, -0.05) is 30.3 Å². The van der Waals surface area contributed by atoms with Crippen molar-refractivity contribution in [2.45, 2.75) is 11.8 Å². The van der Waals surface area contributed by atoms with Crippen LogP contribution in [0, 0.1) is 0 Å². The molecule has 0 bridgehead atoms. The molecule has 6 nitrogen and oxygen atoms in total. The lowest BCUT2D eigenvalue weighted by Gasteiger charge is -2.11. The molecule has 22 heavy (non-hydrogen) atoms. The number of ether oxygens (including phenoxy) is 1. The van der Waals surface area contributed by atoms with Gasteiger partial charge in [-0.2, -0.15) is 8.42 Å². The first-order valence-electron chi connectivity index (χ1n) is 6.41. The van der Waals surface area contributed by atoms with Crippen LogP contribution < -0.4 is 4.74 Å². The van der Waals surface area contributed by atoms with Crippen LogP contribution in [0.1, 0.15) is 22.8 Å². The maximum atomic E-state index is 12.3. The first kappa shape index (κ1) is 16.0. The second-order valence-electron chi connectivity index (χ2n) is 4.42. The summed E-state index contributed by atoms with van der Waals surface area (Å²) in [6, 6.07) is 9.98. The highest BCUT2D eigenvalue weighted by molar-refractivity contribution is 7.86. The second kappa shape index (κ2) is 6.17. The Labute approximate surface area is 127 Å². The van der Waals surface area contributed by atoms with Gasteiger partial charge in [-0.3, -0.25) is 9.35 Å². The molecule has 0 fully saturated rings. The fourth-order valence-corrected chi connectivity index (χ4v) is 2.58. The third-order valence-corrected chi connectivity index (χ3v) is 3.80. The fourth-order valence-electron chi connectivity index (χ4n) is 1.95. The summed E-state index contributed by atoms with van der Waals surface area (Å²) in [7, 11) is -4.60. The molecule has 0 amide bonds. The van der Waals surface area contributed by atoms with Crippen LogP contribution >= 0.6 is 0 Å². The number of carbonyl (C=O) groups is 1. The SMILES string of the molecule is CCOc1cc(O)c(C(=O)c2ccccc2)cc1S(=O)(=O)O. The zero-order chi connectivity index (χ0) is 16.3. The molecule has 2 N–H and O–H groups in total. The van der Waals surface area contributed by atoms with E-state index in [1.807, 2.05) is 0 Å². The maximum Gasteiger partial charge on any atom is 0.298 e. The Bertz CT molecular complexity index is 796. The number of rotatable bonds is 5. The van der Waals surface area contributed by atoms with E-state index in [0.29, 0.717) is 0 Å². The minimum absolute atomic E-state index is 0.133. The molecular weight excluding hydrogens is 308 g/mol. The van der Waals surface area contributed by atoms with Crippen molar-refractivity contribution in [1.82, 2.24) is 0 Å². The first-order valence-corrected chi connectivity index (χ1v) is 7.85. The van der Waals surface area contributed by atoms with Gasteiger partial charge in [-0.25, -0.2) is 0 Å². The molecule has 2 rings (SSSR count). The number of carbonyl (C=O) groups excluding carboxylic acids is 1. The zero-order valence-electron chi connectivity index (χ0n) is 11.7. The lowest BCUT2D eigenvalue weighted by atomic mass is 10.0. The van der Waals surface area contributed by atoms with E-state index in [0.717, 1.165) is 12.1 Å². The predicted octanol–water partition coefficient (Wildman–Crippen LogP) is 2.27. The van der Waals surface area contributed by atoms with Crippen molar-refractivity contribution in [2.24, 2.45) is 0 Å². The second-order valence-corrected chi connectivity index (χ2v) is 5.81. The molecular formula is C15H14O6S. The Kier molecular flexibility index (Phi) is 4.48. The van der Waals surface area contributed by atoms with Gasteiger partial charge in [0, 0.05) is 11.6 Å². The first-order chi connectivity index (χ1) is 10.3. The summed E-state index contributed by atoms with van der Waals surface area (Å²) in [6.07, 6.45) is 0. The fraction of sp³-hybridized carbons (Fsp3) is 0.133. The van der Waals surface area contributed by atoms with Crippen molar-refractivity contribution in [3.8, 4) is 11.5 Å². The van der Waals surface area contributed by atoms with Crippen LogP contribution in [0.2, 0.25) is 0 Å². The molecule has 0 saturated heterocycles. The minimum atomic E-state index is -4.60. The average molecular weight is 322 g/mol. The van der Waals surface area contributed by atoms with Gasteiger partial charge in [0.05, 0.1) is 12.2 Å². The van der Waals surface area contributed by atoms with Gasteiger partial charge in [0.15, 0.2) is 5.78 Å². The Balaban J connectivity index is 2.61. The summed E-state index contributed by atoms with van der Waals surface area (Å²) in [5.74, 6) is -1.21. The molecule has 0 spiro atoms. The van der Waals surface area contributed by atoms with E-state index in [1.54, 1.807) is 25.1 Å². The smallest absolute Gasteiger partial charge is 0.298 e. The third-order valence-electron chi connectivity index (χ3n) is 2.92. The highest BCUT2D eigenvalue weighted by Gasteiger charge is 2.23. The van der Waals surface area contributed by atoms with Crippen LogP contribution in [0.25, 0.3) is 0 Å². The summed E-state index contributed by atoms with van der Waals surface area (Å²) in [5.41, 5.74) is 0.0468. The van der Waals surface area contributed by atoms with Crippen LogP contribution in [-0.2, 0) is 10.1 Å². The lowest BCUT2D eigenvalue weighted by molar-refractivity contribution is 0.103. The molecule has 0 aromatic heterocycles. The Morgan fingerprint density at radius 1 is 1.18 bits per heavy atom. The van der Waals surface area contributed by atoms with Gasteiger partial charge in [-0.15, -0.1) is 0 Å². The number of phenols is 1. The molecule has 2 aromatic carbocycles.